The van der Waals surface area contributed by atoms with Gasteiger partial charge in [0.2, 0.25) is 0 Å². The van der Waals surface area contributed by atoms with Gasteiger partial charge in [0.15, 0.2) is 0 Å². The highest BCUT2D eigenvalue weighted by Gasteiger charge is 2.11. The summed E-state index contributed by atoms with van der Waals surface area (Å²) in [5.74, 6) is 0.681. The molecule has 0 saturated heterocycles. The van der Waals surface area contributed by atoms with Crippen molar-refractivity contribution < 1.29 is 14.4 Å². The van der Waals surface area contributed by atoms with Crippen LogP contribution in [0.5, 0.6) is 0 Å². The first-order chi connectivity index (χ1) is 5.42. The van der Waals surface area contributed by atoms with Crippen molar-refractivity contribution in [3.8, 4) is 0 Å². The Balaban J connectivity index is 3.17. The zero-order valence-corrected chi connectivity index (χ0v) is 8.63. The van der Waals surface area contributed by atoms with Crippen LogP contribution in [-0.2, 0) is 4.57 Å². The highest BCUT2D eigenvalue weighted by molar-refractivity contribution is 7.54. The van der Waals surface area contributed by atoms with E-state index in [-0.39, 0.29) is 0 Å². The zero-order valence-electron chi connectivity index (χ0n) is 7.73. The third kappa shape index (κ3) is 10.2. The van der Waals surface area contributed by atoms with Gasteiger partial charge in [-0.25, -0.2) is 0 Å². The second-order valence-corrected chi connectivity index (χ2v) is 4.99. The lowest BCUT2D eigenvalue weighted by molar-refractivity contribution is 0.378. The molecular weight excluding hydrogens is 175 g/mol. The van der Waals surface area contributed by atoms with E-state index in [0.717, 1.165) is 25.4 Å². The highest BCUT2D eigenvalue weighted by atomic mass is 31.2. The summed E-state index contributed by atoms with van der Waals surface area (Å²) in [4.78, 5) is 17.0. The van der Waals surface area contributed by atoms with Crippen LogP contribution < -0.4 is 0 Å². The summed E-state index contributed by atoms with van der Waals surface area (Å²) < 4.78 is 10.4. The minimum absolute atomic E-state index is 0.525. The molecule has 0 saturated carbocycles. The molecule has 0 amide bonds. The summed E-state index contributed by atoms with van der Waals surface area (Å²) >= 11 is 0. The average molecular weight is 193 g/mol. The van der Waals surface area contributed by atoms with Gasteiger partial charge in [-0.2, -0.15) is 0 Å². The fraction of sp³-hybridized carbons (Fsp3) is 0.875. The van der Waals surface area contributed by atoms with Gasteiger partial charge in [-0.05, 0) is 12.3 Å². The topological polar surface area (TPSA) is 57.5 Å². The van der Waals surface area contributed by atoms with Crippen LogP contribution in [0.4, 0.5) is 0 Å². The third-order valence-corrected chi connectivity index (χ3v) is 2.34. The van der Waals surface area contributed by atoms with Gasteiger partial charge in [0.05, 0.1) is 6.16 Å². The molecule has 0 atom stereocenters. The van der Waals surface area contributed by atoms with E-state index >= 15 is 0 Å². The molecular formula is C8H18O3P. The largest absolute Gasteiger partial charge is 0.329 e. The van der Waals surface area contributed by atoms with E-state index in [0.29, 0.717) is 12.3 Å². The number of unbranched alkanes of at least 4 members (excludes halogenated alkanes) is 2. The lowest BCUT2D eigenvalue weighted by Crippen LogP contribution is -1.87. The lowest BCUT2D eigenvalue weighted by atomic mass is 10.1. The molecule has 0 aromatic heterocycles. The molecule has 0 aliphatic carbocycles. The Labute approximate surface area is 74.3 Å². The standard InChI is InChI=1S/C8H18O3P/c1-8(2)6-4-3-5-7-12(9,10)11/h7-8H,3-6H2,1-2H3,(H2,9,10,11). The first-order valence-corrected chi connectivity index (χ1v) is 5.99. The van der Waals surface area contributed by atoms with E-state index in [2.05, 4.69) is 13.8 Å². The summed E-state index contributed by atoms with van der Waals surface area (Å²) in [6, 6.07) is 0. The van der Waals surface area contributed by atoms with Crippen molar-refractivity contribution in [2.24, 2.45) is 5.92 Å². The van der Waals surface area contributed by atoms with Gasteiger partial charge in [0.25, 0.3) is 0 Å². The molecule has 0 spiro atoms. The minimum Gasteiger partial charge on any atom is -0.324 e. The fourth-order valence-electron chi connectivity index (χ4n) is 0.956. The molecule has 0 fully saturated rings. The number of rotatable bonds is 6. The van der Waals surface area contributed by atoms with Crippen molar-refractivity contribution in [2.45, 2.75) is 39.5 Å². The van der Waals surface area contributed by atoms with Gasteiger partial charge in [-0.15, -0.1) is 0 Å². The average Bonchev–Trinajstić information content (AvgIpc) is 1.83. The Kier molecular flexibility index (Phi) is 5.81. The number of hydrogen-bond acceptors (Lipinski definition) is 1. The molecule has 0 aliphatic rings. The summed E-state index contributed by atoms with van der Waals surface area (Å²) in [5.41, 5.74) is 0. The fourth-order valence-corrected chi connectivity index (χ4v) is 1.48. The maximum absolute atomic E-state index is 10.4. The van der Waals surface area contributed by atoms with Crippen LogP contribution in [0.3, 0.4) is 0 Å². The van der Waals surface area contributed by atoms with Crippen LogP contribution in [0.2, 0.25) is 0 Å². The van der Waals surface area contributed by atoms with Gasteiger partial charge in [-0.3, -0.25) is 4.57 Å². The molecule has 0 aromatic rings. The molecule has 0 unspecified atom stereocenters. The Morgan fingerprint density at radius 3 is 2.33 bits per heavy atom. The summed E-state index contributed by atoms with van der Waals surface area (Å²) in [5, 5.41) is 0. The summed E-state index contributed by atoms with van der Waals surface area (Å²) in [7, 11) is -3.85. The molecule has 73 valence electrons. The second kappa shape index (κ2) is 5.74. The Hall–Kier alpha value is 0.150. The molecule has 0 heterocycles. The molecule has 0 aromatic carbocycles. The predicted octanol–water partition coefficient (Wildman–Crippen LogP) is 2.54. The number of hydrogen-bond donors (Lipinski definition) is 2. The van der Waals surface area contributed by atoms with Crippen molar-refractivity contribution in [3.63, 3.8) is 0 Å². The smallest absolute Gasteiger partial charge is 0.324 e. The van der Waals surface area contributed by atoms with Gasteiger partial charge in [-0.1, -0.05) is 33.1 Å². The molecule has 12 heavy (non-hydrogen) atoms. The van der Waals surface area contributed by atoms with Crippen molar-refractivity contribution in [1.82, 2.24) is 0 Å². The molecule has 4 heteroatoms. The maximum atomic E-state index is 10.4. The van der Waals surface area contributed by atoms with Crippen LogP contribution in [0.15, 0.2) is 0 Å². The second-order valence-electron chi connectivity index (χ2n) is 3.45. The molecule has 2 N–H and O–H groups in total. The van der Waals surface area contributed by atoms with Crippen molar-refractivity contribution in [3.05, 3.63) is 6.16 Å². The molecule has 3 nitrogen and oxygen atoms in total. The predicted molar refractivity (Wildman–Crippen MR) is 49.7 cm³/mol. The van der Waals surface area contributed by atoms with E-state index in [1.807, 2.05) is 0 Å². The van der Waals surface area contributed by atoms with Gasteiger partial charge >= 0.3 is 7.60 Å². The van der Waals surface area contributed by atoms with Crippen LogP contribution in [0, 0.1) is 12.1 Å². The quantitative estimate of drug-likeness (QED) is 0.503. The Bertz CT molecular complexity index is 150. The van der Waals surface area contributed by atoms with E-state index in [4.69, 9.17) is 9.79 Å². The molecule has 0 rings (SSSR count). The van der Waals surface area contributed by atoms with E-state index in [1.54, 1.807) is 0 Å². The first-order valence-electron chi connectivity index (χ1n) is 4.31. The normalized spacial score (nSPS) is 12.4. The van der Waals surface area contributed by atoms with Crippen LogP contribution in [0.1, 0.15) is 39.5 Å². The monoisotopic (exact) mass is 193 g/mol. The van der Waals surface area contributed by atoms with Gasteiger partial charge < -0.3 is 9.79 Å². The summed E-state index contributed by atoms with van der Waals surface area (Å²) in [6.45, 7) is 4.29. The first kappa shape index (κ1) is 12.2. The molecule has 1 radical (unpaired) electrons. The molecule has 0 aliphatic heterocycles. The SMILES string of the molecule is CC(C)CCCC[CH]P(=O)(O)O. The Morgan fingerprint density at radius 1 is 1.33 bits per heavy atom. The van der Waals surface area contributed by atoms with Crippen molar-refractivity contribution in [2.75, 3.05) is 0 Å². The maximum Gasteiger partial charge on any atom is 0.329 e. The lowest BCUT2D eigenvalue weighted by Gasteiger charge is -2.04. The Morgan fingerprint density at radius 2 is 1.92 bits per heavy atom. The third-order valence-electron chi connectivity index (χ3n) is 1.60. The van der Waals surface area contributed by atoms with Gasteiger partial charge in [0, 0.05) is 0 Å². The van der Waals surface area contributed by atoms with E-state index in [9.17, 15) is 4.57 Å². The summed E-state index contributed by atoms with van der Waals surface area (Å²) in [6.07, 6.45) is 4.69. The van der Waals surface area contributed by atoms with Crippen LogP contribution in [0.25, 0.3) is 0 Å². The van der Waals surface area contributed by atoms with E-state index in [1.165, 1.54) is 0 Å². The van der Waals surface area contributed by atoms with Crippen LogP contribution in [-0.4, -0.2) is 9.79 Å². The van der Waals surface area contributed by atoms with E-state index < -0.39 is 7.60 Å². The van der Waals surface area contributed by atoms with Crippen molar-refractivity contribution >= 4 is 7.60 Å². The van der Waals surface area contributed by atoms with Crippen LogP contribution >= 0.6 is 7.60 Å². The van der Waals surface area contributed by atoms with Crippen molar-refractivity contribution in [1.29, 1.82) is 0 Å². The molecule has 0 bridgehead atoms. The van der Waals surface area contributed by atoms with Gasteiger partial charge in [0.1, 0.15) is 0 Å². The highest BCUT2D eigenvalue weighted by Crippen LogP contribution is 2.40. The zero-order chi connectivity index (χ0) is 9.61. The minimum atomic E-state index is -3.85.